The van der Waals surface area contributed by atoms with E-state index in [9.17, 15) is 9.18 Å². The highest BCUT2D eigenvalue weighted by Gasteiger charge is 2.23. The van der Waals surface area contributed by atoms with E-state index in [1.807, 2.05) is 0 Å². The van der Waals surface area contributed by atoms with Crippen LogP contribution in [0.3, 0.4) is 0 Å². The zero-order valence-corrected chi connectivity index (χ0v) is 13.6. The normalized spacial score (nSPS) is 20.6. The van der Waals surface area contributed by atoms with Crippen molar-refractivity contribution in [2.45, 2.75) is 19.4 Å². The Morgan fingerprint density at radius 3 is 2.78 bits per heavy atom. The van der Waals surface area contributed by atoms with E-state index in [2.05, 4.69) is 27.8 Å². The molecule has 23 heavy (non-hydrogen) atoms. The molecule has 0 radical (unpaired) electrons. The standard InChI is InChI=1S/C16H19FN4O.ClH/c1-10-9-18-7-6-13(10)19-16(22)15-8-14(20-21-15)11-2-4-12(17)5-3-11;/h2-5,8,10,13,18H,6-7,9H2,1H3,(H,19,22)(H,20,21);1H. The van der Waals surface area contributed by atoms with Crippen LogP contribution in [0.2, 0.25) is 0 Å². The number of nitrogens with zero attached hydrogens (tertiary/aromatic N) is 1. The number of carbonyl (C=O) groups is 1. The summed E-state index contributed by atoms with van der Waals surface area (Å²) in [6.07, 6.45) is 0.922. The van der Waals surface area contributed by atoms with Crippen molar-refractivity contribution in [2.24, 2.45) is 5.92 Å². The molecular formula is C16H20ClFN4O. The number of piperidine rings is 1. The van der Waals surface area contributed by atoms with Crippen molar-refractivity contribution in [2.75, 3.05) is 13.1 Å². The third kappa shape index (κ3) is 4.09. The topological polar surface area (TPSA) is 69.8 Å². The van der Waals surface area contributed by atoms with Gasteiger partial charge in [0.1, 0.15) is 11.5 Å². The first kappa shape index (κ1) is 17.4. The van der Waals surface area contributed by atoms with Gasteiger partial charge in [-0.05, 0) is 55.8 Å². The molecule has 1 amide bonds. The second-order valence-corrected chi connectivity index (χ2v) is 5.72. The molecule has 1 aliphatic heterocycles. The number of hydrogen-bond donors (Lipinski definition) is 3. The van der Waals surface area contributed by atoms with Crippen molar-refractivity contribution >= 4 is 18.3 Å². The van der Waals surface area contributed by atoms with Crippen LogP contribution in [0.5, 0.6) is 0 Å². The van der Waals surface area contributed by atoms with Crippen LogP contribution < -0.4 is 10.6 Å². The molecule has 124 valence electrons. The Balaban J connectivity index is 0.00000192. The first-order valence-corrected chi connectivity index (χ1v) is 7.46. The van der Waals surface area contributed by atoms with Crippen LogP contribution in [0.1, 0.15) is 23.8 Å². The smallest absolute Gasteiger partial charge is 0.269 e. The van der Waals surface area contributed by atoms with E-state index in [0.29, 0.717) is 17.3 Å². The van der Waals surface area contributed by atoms with Gasteiger partial charge in [0.2, 0.25) is 0 Å². The van der Waals surface area contributed by atoms with Gasteiger partial charge in [-0.2, -0.15) is 5.10 Å². The van der Waals surface area contributed by atoms with Gasteiger partial charge in [-0.3, -0.25) is 9.89 Å². The van der Waals surface area contributed by atoms with Crippen molar-refractivity contribution in [1.29, 1.82) is 0 Å². The predicted molar refractivity (Wildman–Crippen MR) is 89.1 cm³/mol. The number of benzene rings is 1. The lowest BCUT2D eigenvalue weighted by Gasteiger charge is -2.29. The number of rotatable bonds is 3. The molecule has 1 aliphatic rings. The molecular weight excluding hydrogens is 319 g/mol. The Kier molecular flexibility index (Phi) is 5.74. The maximum absolute atomic E-state index is 12.9. The van der Waals surface area contributed by atoms with Crippen molar-refractivity contribution < 1.29 is 9.18 Å². The Labute approximate surface area is 140 Å². The van der Waals surface area contributed by atoms with Crippen LogP contribution in [-0.4, -0.2) is 35.2 Å². The Hall–Kier alpha value is -1.92. The molecule has 3 N–H and O–H groups in total. The molecule has 1 aromatic heterocycles. The monoisotopic (exact) mass is 338 g/mol. The minimum Gasteiger partial charge on any atom is -0.348 e. The van der Waals surface area contributed by atoms with Crippen LogP contribution in [0.4, 0.5) is 4.39 Å². The molecule has 2 atom stereocenters. The summed E-state index contributed by atoms with van der Waals surface area (Å²) < 4.78 is 12.9. The number of hydrogen-bond acceptors (Lipinski definition) is 3. The SMILES string of the molecule is CC1CNCCC1NC(=O)c1cc(-c2ccc(F)cc2)n[nH]1.Cl. The van der Waals surface area contributed by atoms with Gasteiger partial charge >= 0.3 is 0 Å². The Morgan fingerprint density at radius 2 is 2.09 bits per heavy atom. The van der Waals surface area contributed by atoms with E-state index in [4.69, 9.17) is 0 Å². The van der Waals surface area contributed by atoms with E-state index in [1.54, 1.807) is 18.2 Å². The van der Waals surface area contributed by atoms with Gasteiger partial charge in [-0.1, -0.05) is 6.92 Å². The molecule has 7 heteroatoms. The molecule has 0 bridgehead atoms. The number of carbonyl (C=O) groups excluding carboxylic acids is 1. The quantitative estimate of drug-likeness (QED) is 0.804. The third-order valence-corrected chi connectivity index (χ3v) is 4.06. The highest BCUT2D eigenvalue weighted by molar-refractivity contribution is 5.93. The van der Waals surface area contributed by atoms with E-state index in [-0.39, 0.29) is 30.2 Å². The van der Waals surface area contributed by atoms with Gasteiger partial charge in [0.25, 0.3) is 5.91 Å². The van der Waals surface area contributed by atoms with Gasteiger partial charge < -0.3 is 10.6 Å². The molecule has 3 rings (SSSR count). The average Bonchev–Trinajstić information content (AvgIpc) is 3.00. The van der Waals surface area contributed by atoms with Crippen molar-refractivity contribution in [3.05, 3.63) is 41.8 Å². The number of H-pyrrole nitrogens is 1. The van der Waals surface area contributed by atoms with Crippen LogP contribution >= 0.6 is 12.4 Å². The molecule has 0 saturated carbocycles. The maximum Gasteiger partial charge on any atom is 0.269 e. The Bertz CT molecular complexity index is 658. The van der Waals surface area contributed by atoms with Crippen LogP contribution in [0, 0.1) is 11.7 Å². The first-order chi connectivity index (χ1) is 10.6. The number of halogens is 2. The van der Waals surface area contributed by atoms with Crippen LogP contribution in [0.15, 0.2) is 30.3 Å². The molecule has 1 saturated heterocycles. The number of aromatic amines is 1. The van der Waals surface area contributed by atoms with Crippen molar-refractivity contribution in [1.82, 2.24) is 20.8 Å². The molecule has 2 aromatic rings. The van der Waals surface area contributed by atoms with E-state index in [1.165, 1.54) is 12.1 Å². The summed E-state index contributed by atoms with van der Waals surface area (Å²) in [4.78, 5) is 12.3. The van der Waals surface area contributed by atoms with Crippen LogP contribution in [0.25, 0.3) is 11.3 Å². The fourth-order valence-electron chi connectivity index (χ4n) is 2.68. The maximum atomic E-state index is 12.9. The van der Waals surface area contributed by atoms with Gasteiger partial charge in [0.05, 0.1) is 5.69 Å². The lowest BCUT2D eigenvalue weighted by Crippen LogP contribution is -2.48. The molecule has 2 heterocycles. The molecule has 0 aliphatic carbocycles. The average molecular weight is 339 g/mol. The highest BCUT2D eigenvalue weighted by atomic mass is 35.5. The van der Waals surface area contributed by atoms with Crippen molar-refractivity contribution in [3.8, 4) is 11.3 Å². The highest BCUT2D eigenvalue weighted by Crippen LogP contribution is 2.18. The summed E-state index contributed by atoms with van der Waals surface area (Å²) in [5.41, 5.74) is 1.82. The summed E-state index contributed by atoms with van der Waals surface area (Å²) in [5.74, 6) is -0.0473. The van der Waals surface area contributed by atoms with E-state index >= 15 is 0 Å². The minimum absolute atomic E-state index is 0. The second kappa shape index (κ2) is 7.57. The fourth-order valence-corrected chi connectivity index (χ4v) is 2.68. The fraction of sp³-hybridized carbons (Fsp3) is 0.375. The summed E-state index contributed by atoms with van der Waals surface area (Å²) in [5, 5.41) is 13.2. The second-order valence-electron chi connectivity index (χ2n) is 5.72. The number of nitrogens with one attached hydrogen (secondary N) is 3. The van der Waals surface area contributed by atoms with E-state index in [0.717, 1.165) is 25.1 Å². The molecule has 5 nitrogen and oxygen atoms in total. The zero-order valence-electron chi connectivity index (χ0n) is 12.8. The number of aromatic nitrogens is 2. The zero-order chi connectivity index (χ0) is 15.5. The summed E-state index contributed by atoms with van der Waals surface area (Å²) >= 11 is 0. The largest absolute Gasteiger partial charge is 0.348 e. The minimum atomic E-state index is -0.294. The van der Waals surface area contributed by atoms with Gasteiger partial charge in [0.15, 0.2) is 0 Å². The lowest BCUT2D eigenvalue weighted by molar-refractivity contribution is 0.0909. The Morgan fingerprint density at radius 1 is 1.35 bits per heavy atom. The third-order valence-electron chi connectivity index (χ3n) is 4.06. The summed E-state index contributed by atoms with van der Waals surface area (Å²) in [7, 11) is 0. The molecule has 1 fully saturated rings. The predicted octanol–water partition coefficient (Wildman–Crippen LogP) is 2.37. The summed E-state index contributed by atoms with van der Waals surface area (Å²) in [6.45, 7) is 3.95. The molecule has 0 spiro atoms. The van der Waals surface area contributed by atoms with Gasteiger partial charge in [-0.25, -0.2) is 4.39 Å². The van der Waals surface area contributed by atoms with Crippen LogP contribution in [-0.2, 0) is 0 Å². The van der Waals surface area contributed by atoms with Gasteiger partial charge in [-0.15, -0.1) is 12.4 Å². The molecule has 2 unspecified atom stereocenters. The van der Waals surface area contributed by atoms with Gasteiger partial charge in [0, 0.05) is 11.6 Å². The molecule has 1 aromatic carbocycles. The summed E-state index contributed by atoms with van der Waals surface area (Å²) in [6, 6.07) is 7.89. The van der Waals surface area contributed by atoms with E-state index < -0.39 is 0 Å². The first-order valence-electron chi connectivity index (χ1n) is 7.46. The van der Waals surface area contributed by atoms with Crippen molar-refractivity contribution in [3.63, 3.8) is 0 Å². The lowest BCUT2D eigenvalue weighted by atomic mass is 9.95. The number of amides is 1.